The fourth-order valence-electron chi connectivity index (χ4n) is 2.62. The number of nitrogens with two attached hydrogens (primary N) is 1. The molecule has 1 aromatic heterocycles. The number of rotatable bonds is 4. The predicted octanol–water partition coefficient (Wildman–Crippen LogP) is 3.51. The number of hydrogen-bond donors (Lipinski definition) is 2. The molecule has 1 heterocycles. The normalized spacial score (nSPS) is 17.1. The molecule has 0 atom stereocenters. The van der Waals surface area contributed by atoms with Crippen molar-refractivity contribution in [1.29, 1.82) is 0 Å². The van der Waals surface area contributed by atoms with E-state index in [1.165, 1.54) is 19.3 Å². The van der Waals surface area contributed by atoms with Gasteiger partial charge in [0.2, 0.25) is 0 Å². The van der Waals surface area contributed by atoms with Gasteiger partial charge in [0.05, 0.1) is 11.2 Å². The molecule has 0 saturated heterocycles. The largest absolute Gasteiger partial charge is 0.398 e. The minimum absolute atomic E-state index is 0.419. The smallest absolute Gasteiger partial charge is 0.0953 e. The first-order valence-corrected chi connectivity index (χ1v) is 7.89. The van der Waals surface area contributed by atoms with Crippen molar-refractivity contribution < 1.29 is 0 Å². The molecule has 2 aromatic rings. The number of nitrogens with zero attached hydrogens (tertiary/aromatic N) is 1. The molecule has 4 heteroatoms. The molecule has 1 aliphatic carbocycles. The third-order valence-electron chi connectivity index (χ3n) is 4.10. The van der Waals surface area contributed by atoms with E-state index in [1.807, 2.05) is 42.2 Å². The zero-order valence-electron chi connectivity index (χ0n) is 11.1. The SMILES string of the molecule is CSC1(CNc2ccc(N)c3cccnc23)CCC1. The number of benzene rings is 1. The minimum atomic E-state index is 0.419. The predicted molar refractivity (Wildman–Crippen MR) is 84.7 cm³/mol. The number of nitrogen functional groups attached to an aromatic ring is 1. The van der Waals surface area contributed by atoms with Crippen LogP contribution < -0.4 is 11.1 Å². The van der Waals surface area contributed by atoms with Crippen LogP contribution in [0.25, 0.3) is 10.9 Å². The summed E-state index contributed by atoms with van der Waals surface area (Å²) < 4.78 is 0.419. The summed E-state index contributed by atoms with van der Waals surface area (Å²) in [4.78, 5) is 4.46. The summed E-state index contributed by atoms with van der Waals surface area (Å²) >= 11 is 1.98. The summed E-state index contributed by atoms with van der Waals surface area (Å²) in [6.45, 7) is 1.00. The van der Waals surface area contributed by atoms with E-state index in [9.17, 15) is 0 Å². The Morgan fingerprint density at radius 2 is 2.21 bits per heavy atom. The molecule has 3 N–H and O–H groups in total. The first-order chi connectivity index (χ1) is 9.24. The van der Waals surface area contributed by atoms with E-state index >= 15 is 0 Å². The molecule has 0 amide bonds. The highest BCUT2D eigenvalue weighted by Gasteiger charge is 2.35. The lowest BCUT2D eigenvalue weighted by atomic mass is 9.84. The van der Waals surface area contributed by atoms with E-state index in [2.05, 4.69) is 16.6 Å². The van der Waals surface area contributed by atoms with Gasteiger partial charge in [-0.25, -0.2) is 0 Å². The van der Waals surface area contributed by atoms with E-state index in [-0.39, 0.29) is 0 Å². The van der Waals surface area contributed by atoms with Gasteiger partial charge in [0.25, 0.3) is 0 Å². The van der Waals surface area contributed by atoms with Gasteiger partial charge in [0.1, 0.15) is 0 Å². The third kappa shape index (κ3) is 2.25. The molecule has 0 unspecified atom stereocenters. The maximum Gasteiger partial charge on any atom is 0.0953 e. The number of nitrogens with one attached hydrogen (secondary N) is 1. The van der Waals surface area contributed by atoms with Crippen LogP contribution in [0.15, 0.2) is 30.5 Å². The Hall–Kier alpha value is -1.42. The topological polar surface area (TPSA) is 50.9 Å². The quantitative estimate of drug-likeness (QED) is 0.837. The van der Waals surface area contributed by atoms with Crippen molar-refractivity contribution in [3.63, 3.8) is 0 Å². The Labute approximate surface area is 118 Å². The molecule has 1 aliphatic rings. The van der Waals surface area contributed by atoms with Crippen molar-refractivity contribution in [3.05, 3.63) is 30.5 Å². The second-order valence-electron chi connectivity index (χ2n) is 5.20. The van der Waals surface area contributed by atoms with Crippen LogP contribution in [0.2, 0.25) is 0 Å². The molecule has 100 valence electrons. The number of aromatic nitrogens is 1. The number of anilines is 2. The van der Waals surface area contributed by atoms with Gasteiger partial charge in [-0.2, -0.15) is 11.8 Å². The van der Waals surface area contributed by atoms with E-state index in [0.29, 0.717) is 4.75 Å². The summed E-state index contributed by atoms with van der Waals surface area (Å²) in [7, 11) is 0. The first-order valence-electron chi connectivity index (χ1n) is 6.66. The van der Waals surface area contributed by atoms with Gasteiger partial charge >= 0.3 is 0 Å². The number of thioether (sulfide) groups is 1. The lowest BCUT2D eigenvalue weighted by Crippen LogP contribution is -2.40. The second-order valence-corrected chi connectivity index (χ2v) is 6.47. The van der Waals surface area contributed by atoms with Crippen molar-refractivity contribution in [2.75, 3.05) is 23.9 Å². The molecule has 3 rings (SSSR count). The standard InChI is InChI=1S/C15H19N3S/c1-19-15(7-3-8-15)10-18-13-6-5-12(16)11-4-2-9-17-14(11)13/h2,4-6,9,18H,3,7-8,10,16H2,1H3. The second kappa shape index (κ2) is 4.93. The number of hydrogen-bond acceptors (Lipinski definition) is 4. The molecule has 0 spiro atoms. The van der Waals surface area contributed by atoms with Crippen molar-refractivity contribution in [1.82, 2.24) is 4.98 Å². The fraction of sp³-hybridized carbons (Fsp3) is 0.400. The average Bonchev–Trinajstić information content (AvgIpc) is 2.41. The van der Waals surface area contributed by atoms with Gasteiger partial charge in [-0.3, -0.25) is 4.98 Å². The van der Waals surface area contributed by atoms with Crippen LogP contribution in [0.3, 0.4) is 0 Å². The van der Waals surface area contributed by atoms with Gasteiger partial charge in [0, 0.05) is 28.6 Å². The van der Waals surface area contributed by atoms with Crippen molar-refractivity contribution >= 4 is 34.0 Å². The Bertz CT molecular complexity index is 587. The highest BCUT2D eigenvalue weighted by molar-refractivity contribution is 8.00. The molecular formula is C15H19N3S. The van der Waals surface area contributed by atoms with Gasteiger partial charge in [-0.1, -0.05) is 6.42 Å². The Kier molecular flexibility index (Phi) is 3.27. The van der Waals surface area contributed by atoms with Crippen LogP contribution in [0.5, 0.6) is 0 Å². The van der Waals surface area contributed by atoms with Gasteiger partial charge in [-0.15, -0.1) is 0 Å². The van der Waals surface area contributed by atoms with Gasteiger partial charge < -0.3 is 11.1 Å². The fourth-order valence-corrected chi connectivity index (χ4v) is 3.53. The molecular weight excluding hydrogens is 254 g/mol. The molecule has 1 aromatic carbocycles. The lowest BCUT2D eigenvalue weighted by molar-refractivity contribution is 0.380. The van der Waals surface area contributed by atoms with Crippen LogP contribution >= 0.6 is 11.8 Å². The summed E-state index contributed by atoms with van der Waals surface area (Å²) in [6.07, 6.45) is 7.99. The summed E-state index contributed by atoms with van der Waals surface area (Å²) in [5.41, 5.74) is 8.85. The molecule has 0 radical (unpaired) electrons. The average molecular weight is 273 g/mol. The van der Waals surface area contributed by atoms with E-state index in [4.69, 9.17) is 5.73 Å². The summed E-state index contributed by atoms with van der Waals surface area (Å²) in [6, 6.07) is 7.95. The van der Waals surface area contributed by atoms with E-state index in [0.717, 1.165) is 28.8 Å². The Morgan fingerprint density at radius 3 is 2.89 bits per heavy atom. The maximum absolute atomic E-state index is 6.00. The Morgan fingerprint density at radius 1 is 1.37 bits per heavy atom. The molecule has 0 bridgehead atoms. The van der Waals surface area contributed by atoms with Crippen LogP contribution in [0, 0.1) is 0 Å². The van der Waals surface area contributed by atoms with Crippen LogP contribution in [-0.4, -0.2) is 22.5 Å². The van der Waals surface area contributed by atoms with Crippen LogP contribution in [0.1, 0.15) is 19.3 Å². The molecule has 1 fully saturated rings. The first kappa shape index (κ1) is 12.6. The van der Waals surface area contributed by atoms with Gasteiger partial charge in [-0.05, 0) is 43.4 Å². The third-order valence-corrected chi connectivity index (χ3v) is 5.52. The zero-order valence-corrected chi connectivity index (χ0v) is 12.0. The Balaban J connectivity index is 1.87. The van der Waals surface area contributed by atoms with Crippen LogP contribution in [-0.2, 0) is 0 Å². The van der Waals surface area contributed by atoms with E-state index < -0.39 is 0 Å². The minimum Gasteiger partial charge on any atom is -0.398 e. The molecule has 0 aliphatic heterocycles. The van der Waals surface area contributed by atoms with Crippen molar-refractivity contribution in [2.24, 2.45) is 0 Å². The molecule has 3 nitrogen and oxygen atoms in total. The lowest BCUT2D eigenvalue weighted by Gasteiger charge is -2.40. The summed E-state index contributed by atoms with van der Waals surface area (Å²) in [5, 5.41) is 4.60. The van der Waals surface area contributed by atoms with Crippen molar-refractivity contribution in [2.45, 2.75) is 24.0 Å². The van der Waals surface area contributed by atoms with Gasteiger partial charge in [0.15, 0.2) is 0 Å². The molecule has 1 saturated carbocycles. The monoisotopic (exact) mass is 273 g/mol. The highest BCUT2D eigenvalue weighted by atomic mass is 32.2. The maximum atomic E-state index is 6.00. The number of fused-ring (bicyclic) bond motifs is 1. The zero-order chi connectivity index (χ0) is 13.3. The van der Waals surface area contributed by atoms with E-state index in [1.54, 1.807) is 0 Å². The summed E-state index contributed by atoms with van der Waals surface area (Å²) in [5.74, 6) is 0. The number of pyridine rings is 1. The van der Waals surface area contributed by atoms with Crippen molar-refractivity contribution in [3.8, 4) is 0 Å². The highest BCUT2D eigenvalue weighted by Crippen LogP contribution is 2.43. The molecule has 19 heavy (non-hydrogen) atoms. The van der Waals surface area contributed by atoms with Crippen LogP contribution in [0.4, 0.5) is 11.4 Å².